The summed E-state index contributed by atoms with van der Waals surface area (Å²) >= 11 is 0. The molecule has 4 fully saturated rings. The van der Waals surface area contributed by atoms with Gasteiger partial charge in [-0.1, -0.05) is 0 Å². The number of ether oxygens (including phenoxy) is 1. The minimum atomic E-state index is 0.591. The molecule has 0 unspecified atom stereocenters. The van der Waals surface area contributed by atoms with Crippen molar-refractivity contribution in [2.75, 3.05) is 0 Å². The Morgan fingerprint density at radius 1 is 1.22 bits per heavy atom. The molecule has 0 spiro atoms. The second-order valence-electron chi connectivity index (χ2n) is 3.47. The van der Waals surface area contributed by atoms with Crippen LogP contribution in [-0.2, 0) is 4.74 Å². The highest BCUT2D eigenvalue weighted by molar-refractivity contribution is 5.04. The molecule has 4 heterocycles. The summed E-state index contributed by atoms with van der Waals surface area (Å²) in [6.07, 6.45) is 5.05. The zero-order chi connectivity index (χ0) is 5.84. The standard InChI is InChI=1S/C7H11NO/c1-4-2-7-6(8-4)3-5(1)9-7/h4-8H,1-3H2/t4-,5-,6+,7+/m1/s1. The molecule has 2 heteroatoms. The maximum absolute atomic E-state index is 5.69. The van der Waals surface area contributed by atoms with Gasteiger partial charge in [-0.3, -0.25) is 0 Å². The molecule has 0 radical (unpaired) electrons. The topological polar surface area (TPSA) is 21.3 Å². The Morgan fingerprint density at radius 3 is 2.89 bits per heavy atom. The van der Waals surface area contributed by atoms with Crippen molar-refractivity contribution >= 4 is 0 Å². The zero-order valence-electron chi connectivity index (χ0n) is 5.34. The van der Waals surface area contributed by atoms with Gasteiger partial charge in [0, 0.05) is 12.1 Å². The van der Waals surface area contributed by atoms with Gasteiger partial charge in [0.05, 0.1) is 12.2 Å². The summed E-state index contributed by atoms with van der Waals surface area (Å²) in [6, 6.07) is 1.54. The summed E-state index contributed by atoms with van der Waals surface area (Å²) in [5, 5.41) is 3.56. The molecule has 4 rings (SSSR count). The van der Waals surface area contributed by atoms with Gasteiger partial charge in [0.2, 0.25) is 0 Å². The van der Waals surface area contributed by atoms with E-state index in [9.17, 15) is 0 Å². The molecule has 0 aromatic carbocycles. The summed E-state index contributed by atoms with van der Waals surface area (Å²) in [5.41, 5.74) is 0. The van der Waals surface area contributed by atoms with Gasteiger partial charge in [-0.05, 0) is 19.3 Å². The average Bonchev–Trinajstić information content (AvgIpc) is 2.20. The van der Waals surface area contributed by atoms with E-state index in [0.29, 0.717) is 12.2 Å². The summed E-state index contributed by atoms with van der Waals surface area (Å²) in [4.78, 5) is 0. The fraction of sp³-hybridized carbons (Fsp3) is 1.00. The Labute approximate surface area is 54.6 Å². The van der Waals surface area contributed by atoms with E-state index >= 15 is 0 Å². The fourth-order valence-corrected chi connectivity index (χ4v) is 2.51. The van der Waals surface area contributed by atoms with Gasteiger partial charge in [0.15, 0.2) is 0 Å². The van der Waals surface area contributed by atoms with Crippen LogP contribution < -0.4 is 5.32 Å². The maximum atomic E-state index is 5.69. The first-order chi connectivity index (χ1) is 4.42. The third-order valence-electron chi connectivity index (χ3n) is 2.85. The van der Waals surface area contributed by atoms with Crippen molar-refractivity contribution in [3.05, 3.63) is 0 Å². The third kappa shape index (κ3) is 0.485. The first-order valence-electron chi connectivity index (χ1n) is 3.83. The number of rotatable bonds is 0. The smallest absolute Gasteiger partial charge is 0.0747 e. The van der Waals surface area contributed by atoms with Crippen molar-refractivity contribution in [2.24, 2.45) is 0 Å². The molecule has 9 heavy (non-hydrogen) atoms. The van der Waals surface area contributed by atoms with E-state index in [1.807, 2.05) is 0 Å². The van der Waals surface area contributed by atoms with Crippen LogP contribution in [0.3, 0.4) is 0 Å². The van der Waals surface area contributed by atoms with Gasteiger partial charge in [-0.15, -0.1) is 0 Å². The molecule has 0 saturated carbocycles. The number of nitrogens with one attached hydrogen (secondary N) is 1. The molecule has 4 atom stereocenters. The van der Waals surface area contributed by atoms with E-state index in [1.54, 1.807) is 0 Å². The first kappa shape index (κ1) is 4.69. The van der Waals surface area contributed by atoms with Crippen molar-refractivity contribution in [3.63, 3.8) is 0 Å². The molecular formula is C7H11NO. The molecule has 50 valence electrons. The Hall–Kier alpha value is -0.0800. The Balaban J connectivity index is 2.00. The van der Waals surface area contributed by atoms with E-state index in [2.05, 4.69) is 5.32 Å². The molecule has 1 N–H and O–H groups in total. The second-order valence-corrected chi connectivity index (χ2v) is 3.47. The molecule has 4 aliphatic heterocycles. The second kappa shape index (κ2) is 1.32. The molecule has 0 amide bonds. The van der Waals surface area contributed by atoms with Gasteiger partial charge in [0.1, 0.15) is 0 Å². The van der Waals surface area contributed by atoms with Crippen LogP contribution in [0.2, 0.25) is 0 Å². The van der Waals surface area contributed by atoms with Gasteiger partial charge < -0.3 is 10.1 Å². The SMILES string of the molecule is C1[C@@H]2C[C@@H]3O[C@H]1C[C@@H]3N2. The lowest BCUT2D eigenvalue weighted by Gasteiger charge is -2.24. The largest absolute Gasteiger partial charge is 0.373 e. The lowest BCUT2D eigenvalue weighted by atomic mass is 10.0. The fourth-order valence-electron chi connectivity index (χ4n) is 2.51. The minimum absolute atomic E-state index is 0.591. The van der Waals surface area contributed by atoms with Crippen molar-refractivity contribution in [2.45, 2.75) is 43.6 Å². The summed E-state index contributed by atoms with van der Waals surface area (Å²) in [6.45, 7) is 0. The van der Waals surface area contributed by atoms with Gasteiger partial charge >= 0.3 is 0 Å². The monoisotopic (exact) mass is 125 g/mol. The predicted molar refractivity (Wildman–Crippen MR) is 33.2 cm³/mol. The van der Waals surface area contributed by atoms with E-state index in [4.69, 9.17) is 4.74 Å². The van der Waals surface area contributed by atoms with Gasteiger partial charge in [-0.2, -0.15) is 0 Å². The molecule has 0 aromatic rings. The maximum Gasteiger partial charge on any atom is 0.0747 e. The van der Waals surface area contributed by atoms with E-state index in [1.165, 1.54) is 19.3 Å². The van der Waals surface area contributed by atoms with E-state index < -0.39 is 0 Å². The normalized spacial score (nSPS) is 61.3. The zero-order valence-corrected chi connectivity index (χ0v) is 5.34. The minimum Gasteiger partial charge on any atom is -0.373 e. The van der Waals surface area contributed by atoms with Crippen molar-refractivity contribution in [1.82, 2.24) is 5.32 Å². The van der Waals surface area contributed by atoms with Crippen LogP contribution in [0, 0.1) is 0 Å². The van der Waals surface area contributed by atoms with Gasteiger partial charge in [-0.25, -0.2) is 0 Å². The van der Waals surface area contributed by atoms with Crippen molar-refractivity contribution in [3.8, 4) is 0 Å². The first-order valence-corrected chi connectivity index (χ1v) is 3.83. The number of hydrogen-bond acceptors (Lipinski definition) is 2. The molecule has 0 aliphatic carbocycles. The molecule has 2 nitrogen and oxygen atoms in total. The summed E-state index contributed by atoms with van der Waals surface area (Å²) in [7, 11) is 0. The highest BCUT2D eigenvalue weighted by Crippen LogP contribution is 2.38. The van der Waals surface area contributed by atoms with E-state index in [-0.39, 0.29) is 0 Å². The third-order valence-corrected chi connectivity index (χ3v) is 2.85. The van der Waals surface area contributed by atoms with Crippen LogP contribution in [0.4, 0.5) is 0 Å². The number of hydrogen-bond donors (Lipinski definition) is 1. The lowest BCUT2D eigenvalue weighted by molar-refractivity contribution is 0.0114. The highest BCUT2D eigenvalue weighted by atomic mass is 16.5. The van der Waals surface area contributed by atoms with Crippen molar-refractivity contribution < 1.29 is 4.74 Å². The predicted octanol–water partition coefficient (Wildman–Crippen LogP) is 0.278. The molecular weight excluding hydrogens is 114 g/mol. The van der Waals surface area contributed by atoms with Crippen LogP contribution in [-0.4, -0.2) is 24.3 Å². The molecule has 4 bridgehead atoms. The summed E-state index contributed by atoms with van der Waals surface area (Å²) in [5.74, 6) is 0. The number of piperidine rings is 1. The lowest BCUT2D eigenvalue weighted by Crippen LogP contribution is -2.37. The Morgan fingerprint density at radius 2 is 2.22 bits per heavy atom. The van der Waals surface area contributed by atoms with Crippen LogP contribution in [0.25, 0.3) is 0 Å². The Kier molecular flexibility index (Phi) is 0.691. The molecule has 4 aliphatic rings. The molecule has 4 saturated heterocycles. The van der Waals surface area contributed by atoms with Crippen LogP contribution in [0.15, 0.2) is 0 Å². The van der Waals surface area contributed by atoms with Crippen LogP contribution >= 0.6 is 0 Å². The van der Waals surface area contributed by atoms with Crippen molar-refractivity contribution in [1.29, 1.82) is 0 Å². The highest BCUT2D eigenvalue weighted by Gasteiger charge is 2.48. The van der Waals surface area contributed by atoms with E-state index in [0.717, 1.165) is 12.1 Å². The average molecular weight is 125 g/mol. The molecule has 0 aromatic heterocycles. The Bertz CT molecular complexity index is 114. The quantitative estimate of drug-likeness (QED) is 0.502. The van der Waals surface area contributed by atoms with Gasteiger partial charge in [0.25, 0.3) is 0 Å². The summed E-state index contributed by atoms with van der Waals surface area (Å²) < 4.78 is 5.69. The van der Waals surface area contributed by atoms with Crippen LogP contribution in [0.1, 0.15) is 19.3 Å². The van der Waals surface area contributed by atoms with Crippen LogP contribution in [0.5, 0.6) is 0 Å².